The lowest BCUT2D eigenvalue weighted by Gasteiger charge is -2.16. The second-order valence-electron chi connectivity index (χ2n) is 7.19. The first-order valence-electron chi connectivity index (χ1n) is 11.5. The van der Waals surface area contributed by atoms with Crippen molar-refractivity contribution in [1.29, 1.82) is 0 Å². The predicted octanol–water partition coefficient (Wildman–Crippen LogP) is 6.40. The van der Waals surface area contributed by atoms with Gasteiger partial charge in [0.05, 0.1) is 26.4 Å². The standard InChI is InChI=1S/C24H36Cl2O6/c1-3-29-23(27)19-17-22(32-16-12-8-6-10-14-26)20(24(28)30-4-2)18-21(19)31-15-11-7-5-9-13-25/h17-18H,3-16H2,1-2H3. The summed E-state index contributed by atoms with van der Waals surface area (Å²) in [5.74, 6) is 0.825. The lowest BCUT2D eigenvalue weighted by Crippen LogP contribution is -2.14. The normalized spacial score (nSPS) is 10.6. The lowest BCUT2D eigenvalue weighted by molar-refractivity contribution is 0.0503. The van der Waals surface area contributed by atoms with Gasteiger partial charge in [0, 0.05) is 11.8 Å². The van der Waals surface area contributed by atoms with E-state index in [1.165, 1.54) is 12.1 Å². The van der Waals surface area contributed by atoms with Crippen LogP contribution in [0.4, 0.5) is 0 Å². The highest BCUT2D eigenvalue weighted by molar-refractivity contribution is 6.18. The minimum atomic E-state index is -0.521. The van der Waals surface area contributed by atoms with Crippen LogP contribution < -0.4 is 9.47 Å². The number of carbonyl (C=O) groups is 2. The summed E-state index contributed by atoms with van der Waals surface area (Å²) in [5, 5.41) is 0. The van der Waals surface area contributed by atoms with Gasteiger partial charge in [0.2, 0.25) is 0 Å². The number of esters is 2. The highest BCUT2D eigenvalue weighted by Gasteiger charge is 2.23. The molecule has 0 aromatic heterocycles. The third-order valence-electron chi connectivity index (χ3n) is 4.64. The molecule has 32 heavy (non-hydrogen) atoms. The van der Waals surface area contributed by atoms with E-state index >= 15 is 0 Å². The molecular formula is C24H36Cl2O6. The van der Waals surface area contributed by atoms with Crippen LogP contribution in [0, 0.1) is 0 Å². The van der Waals surface area contributed by atoms with Crippen LogP contribution in [0.3, 0.4) is 0 Å². The molecule has 0 atom stereocenters. The molecular weight excluding hydrogens is 455 g/mol. The predicted molar refractivity (Wildman–Crippen MR) is 128 cm³/mol. The Morgan fingerprint density at radius 3 is 1.38 bits per heavy atom. The van der Waals surface area contributed by atoms with Crippen LogP contribution in [-0.2, 0) is 9.47 Å². The topological polar surface area (TPSA) is 71.1 Å². The average molecular weight is 491 g/mol. The molecule has 0 aliphatic carbocycles. The molecule has 0 N–H and O–H groups in total. The number of benzene rings is 1. The van der Waals surface area contributed by atoms with Crippen LogP contribution in [0.5, 0.6) is 11.5 Å². The van der Waals surface area contributed by atoms with Crippen molar-refractivity contribution in [2.24, 2.45) is 0 Å². The van der Waals surface area contributed by atoms with Crippen molar-refractivity contribution in [2.45, 2.75) is 65.2 Å². The zero-order valence-corrected chi connectivity index (χ0v) is 20.8. The zero-order valence-electron chi connectivity index (χ0n) is 19.3. The molecule has 1 rings (SSSR count). The van der Waals surface area contributed by atoms with Crippen LogP contribution in [-0.4, -0.2) is 50.1 Å². The molecule has 0 heterocycles. The summed E-state index contributed by atoms with van der Waals surface area (Å²) in [7, 11) is 0. The summed E-state index contributed by atoms with van der Waals surface area (Å²) in [5.41, 5.74) is 0.468. The van der Waals surface area contributed by atoms with E-state index in [1.54, 1.807) is 13.8 Å². The maximum Gasteiger partial charge on any atom is 0.342 e. The minimum Gasteiger partial charge on any atom is -0.493 e. The molecule has 8 heteroatoms. The van der Waals surface area contributed by atoms with Crippen molar-refractivity contribution in [3.63, 3.8) is 0 Å². The van der Waals surface area contributed by atoms with Gasteiger partial charge in [-0.1, -0.05) is 25.7 Å². The van der Waals surface area contributed by atoms with Crippen LogP contribution in [0.25, 0.3) is 0 Å². The molecule has 0 bridgehead atoms. The summed E-state index contributed by atoms with van der Waals surface area (Å²) < 4.78 is 22.1. The van der Waals surface area contributed by atoms with E-state index in [2.05, 4.69) is 0 Å². The molecule has 1 aromatic rings. The van der Waals surface area contributed by atoms with Gasteiger partial charge < -0.3 is 18.9 Å². The van der Waals surface area contributed by atoms with E-state index in [0.29, 0.717) is 36.5 Å². The Hall–Kier alpha value is -1.66. The molecule has 0 aliphatic rings. The maximum atomic E-state index is 12.5. The van der Waals surface area contributed by atoms with E-state index in [0.717, 1.165) is 51.4 Å². The molecule has 0 unspecified atom stereocenters. The van der Waals surface area contributed by atoms with Crippen molar-refractivity contribution in [2.75, 3.05) is 38.2 Å². The first-order chi connectivity index (χ1) is 15.6. The van der Waals surface area contributed by atoms with Gasteiger partial charge in [-0.15, -0.1) is 23.2 Å². The Morgan fingerprint density at radius 2 is 1.03 bits per heavy atom. The molecule has 0 spiro atoms. The van der Waals surface area contributed by atoms with Crippen molar-refractivity contribution in [3.05, 3.63) is 23.3 Å². The van der Waals surface area contributed by atoms with Crippen LogP contribution in [0.15, 0.2) is 12.1 Å². The van der Waals surface area contributed by atoms with Gasteiger partial charge in [0.25, 0.3) is 0 Å². The van der Waals surface area contributed by atoms with Gasteiger partial charge in [-0.05, 0) is 51.7 Å². The van der Waals surface area contributed by atoms with Crippen LogP contribution in [0.1, 0.15) is 85.9 Å². The number of ether oxygens (including phenoxy) is 4. The fourth-order valence-corrected chi connectivity index (χ4v) is 3.38. The number of hydrogen-bond donors (Lipinski definition) is 0. The molecule has 0 aliphatic heterocycles. The van der Waals surface area contributed by atoms with Crippen molar-refractivity contribution < 1.29 is 28.5 Å². The van der Waals surface area contributed by atoms with Gasteiger partial charge in [0.1, 0.15) is 22.6 Å². The monoisotopic (exact) mass is 490 g/mol. The maximum absolute atomic E-state index is 12.5. The van der Waals surface area contributed by atoms with Crippen molar-refractivity contribution in [1.82, 2.24) is 0 Å². The van der Waals surface area contributed by atoms with Crippen molar-refractivity contribution >= 4 is 35.1 Å². The van der Waals surface area contributed by atoms with Gasteiger partial charge >= 0.3 is 11.9 Å². The van der Waals surface area contributed by atoms with Gasteiger partial charge in [0.15, 0.2) is 0 Å². The number of carbonyl (C=O) groups excluding carboxylic acids is 2. The second-order valence-corrected chi connectivity index (χ2v) is 7.94. The lowest BCUT2D eigenvalue weighted by atomic mass is 10.1. The van der Waals surface area contributed by atoms with Crippen LogP contribution in [0.2, 0.25) is 0 Å². The van der Waals surface area contributed by atoms with Gasteiger partial charge in [-0.25, -0.2) is 9.59 Å². The molecule has 182 valence electrons. The van der Waals surface area contributed by atoms with Gasteiger partial charge in [-0.3, -0.25) is 0 Å². The second kappa shape index (κ2) is 17.8. The van der Waals surface area contributed by atoms with E-state index in [1.807, 2.05) is 0 Å². The summed E-state index contributed by atoms with van der Waals surface area (Å²) in [6.45, 7) is 4.76. The smallest absolute Gasteiger partial charge is 0.342 e. The first kappa shape index (κ1) is 28.4. The largest absolute Gasteiger partial charge is 0.493 e. The van der Waals surface area contributed by atoms with Crippen molar-refractivity contribution in [3.8, 4) is 11.5 Å². The SMILES string of the molecule is CCOC(=O)c1cc(OCCCCCCCl)c(C(=O)OCC)cc1OCCCCCCCl. The molecule has 0 amide bonds. The number of rotatable bonds is 18. The highest BCUT2D eigenvalue weighted by Crippen LogP contribution is 2.31. The molecule has 0 radical (unpaired) electrons. The van der Waals surface area contributed by atoms with E-state index < -0.39 is 11.9 Å². The summed E-state index contributed by atoms with van der Waals surface area (Å²) in [4.78, 5) is 25.1. The Kier molecular flexibility index (Phi) is 15.8. The Balaban J connectivity index is 3.02. The van der Waals surface area contributed by atoms with Gasteiger partial charge in [-0.2, -0.15) is 0 Å². The highest BCUT2D eigenvalue weighted by atomic mass is 35.5. The third-order valence-corrected chi connectivity index (χ3v) is 5.18. The minimum absolute atomic E-state index is 0.229. The van der Waals surface area contributed by atoms with E-state index in [-0.39, 0.29) is 24.3 Å². The molecule has 6 nitrogen and oxygen atoms in total. The van der Waals surface area contributed by atoms with E-state index in [4.69, 9.17) is 42.1 Å². The van der Waals surface area contributed by atoms with E-state index in [9.17, 15) is 9.59 Å². The Morgan fingerprint density at radius 1 is 0.656 bits per heavy atom. The fraction of sp³-hybridized carbons (Fsp3) is 0.667. The molecule has 0 fully saturated rings. The quantitative estimate of drug-likeness (QED) is 0.135. The Bertz CT molecular complexity index is 623. The summed E-state index contributed by atoms with van der Waals surface area (Å²) >= 11 is 11.4. The van der Waals surface area contributed by atoms with Crippen LogP contribution >= 0.6 is 23.2 Å². The molecule has 0 saturated carbocycles. The Labute approximate surface area is 201 Å². The molecule has 1 aromatic carbocycles. The fourth-order valence-electron chi connectivity index (χ4n) is 3.00. The number of halogens is 2. The zero-order chi connectivity index (χ0) is 23.6. The first-order valence-corrected chi connectivity index (χ1v) is 12.6. The summed E-state index contributed by atoms with van der Waals surface area (Å²) in [6.07, 6.45) is 7.52. The third kappa shape index (κ3) is 10.8. The average Bonchev–Trinajstić information content (AvgIpc) is 2.78. The number of alkyl halides is 2. The summed E-state index contributed by atoms with van der Waals surface area (Å²) in [6, 6.07) is 3.04. The molecule has 0 saturated heterocycles. The number of unbranched alkanes of at least 4 members (excludes halogenated alkanes) is 6. The number of hydrogen-bond acceptors (Lipinski definition) is 6.